The first-order chi connectivity index (χ1) is 19.5. The number of hydrazine groups is 1. The maximum atomic E-state index is 13.0. The summed E-state index contributed by atoms with van der Waals surface area (Å²) in [5, 5.41) is 0.731. The average molecular weight is 556 g/mol. The Morgan fingerprint density at radius 2 is 1.82 bits per heavy atom. The largest absolute Gasteiger partial charge is 0.435 e. The van der Waals surface area contributed by atoms with Gasteiger partial charge in [0, 0.05) is 41.9 Å². The number of aromatic nitrogens is 1. The van der Waals surface area contributed by atoms with Gasteiger partial charge in [-0.3, -0.25) is 0 Å². The number of hydrogen-bond donors (Lipinski definition) is 2. The number of fused-ring (bicyclic) bond motifs is 1. The zero-order valence-corrected chi connectivity index (χ0v) is 22.7. The summed E-state index contributed by atoms with van der Waals surface area (Å²) in [4.78, 5) is 9.14. The summed E-state index contributed by atoms with van der Waals surface area (Å²) >= 11 is 0. The molecule has 4 rings (SSSR count). The average Bonchev–Trinajstić information content (AvgIpc) is 3.11. The minimum atomic E-state index is -2.97. The number of para-hydroxylation sites is 1. The molecule has 0 radical (unpaired) electrons. The summed E-state index contributed by atoms with van der Waals surface area (Å²) in [7, 11) is 0. The van der Waals surface area contributed by atoms with Gasteiger partial charge in [-0.15, -0.1) is 0 Å². The van der Waals surface area contributed by atoms with E-state index in [0.29, 0.717) is 41.1 Å². The third-order valence-corrected chi connectivity index (χ3v) is 5.66. The van der Waals surface area contributed by atoms with Gasteiger partial charge in [-0.05, 0) is 30.7 Å². The third-order valence-electron chi connectivity index (χ3n) is 5.66. The lowest BCUT2D eigenvalue weighted by Crippen LogP contribution is -2.42. The Morgan fingerprint density at radius 1 is 1.07 bits per heavy atom. The van der Waals surface area contributed by atoms with Gasteiger partial charge in [0.05, 0.1) is 23.3 Å². The fraction of sp³-hybridized carbons (Fsp3) is 0.333. The van der Waals surface area contributed by atoms with Crippen molar-refractivity contribution < 1.29 is 22.3 Å². The van der Waals surface area contributed by atoms with Crippen molar-refractivity contribution >= 4 is 23.0 Å². The van der Waals surface area contributed by atoms with Crippen LogP contribution in [0.4, 0.5) is 17.6 Å². The van der Waals surface area contributed by atoms with Gasteiger partial charge in [-0.1, -0.05) is 50.8 Å². The fourth-order valence-corrected chi connectivity index (χ4v) is 3.88. The highest BCUT2D eigenvalue weighted by atomic mass is 19.3. The standard InChI is InChI=1S/C28H27F4N5O.C2H6/c1-2-3-5-10-24-23-12-11-22(38-28(31)32)15-25(23)37(21-8-6-4-7-9-21)26(24)27-33-14-13-19(18-34-27)35-36-20(16-29)17-30;1-2/h4,6-9,11-12,14-15,18,20,28,35-36H,2-3,13,16-17H2,1H3;1-2H3. The lowest BCUT2D eigenvalue weighted by molar-refractivity contribution is -0.0497. The molecule has 40 heavy (non-hydrogen) atoms. The molecule has 0 saturated heterocycles. The van der Waals surface area contributed by atoms with E-state index < -0.39 is 26.0 Å². The Balaban J connectivity index is 0.00000216. The van der Waals surface area contributed by atoms with Crippen LogP contribution in [0.2, 0.25) is 0 Å². The van der Waals surface area contributed by atoms with Crippen LogP contribution in [-0.4, -0.2) is 42.6 Å². The predicted octanol–water partition coefficient (Wildman–Crippen LogP) is 6.87. The number of alkyl halides is 4. The molecule has 2 aromatic carbocycles. The second kappa shape index (κ2) is 15.5. The minimum Gasteiger partial charge on any atom is -0.435 e. The smallest absolute Gasteiger partial charge is 0.387 e. The number of halogens is 4. The van der Waals surface area contributed by atoms with Crippen LogP contribution in [0, 0.1) is 11.8 Å². The van der Waals surface area contributed by atoms with Gasteiger partial charge >= 0.3 is 6.61 Å². The summed E-state index contributed by atoms with van der Waals surface area (Å²) in [6, 6.07) is 13.1. The molecule has 1 aliphatic heterocycles. The molecule has 0 saturated carbocycles. The summed E-state index contributed by atoms with van der Waals surface area (Å²) in [5.41, 5.74) is 8.54. The van der Waals surface area contributed by atoms with Crippen LogP contribution in [-0.2, 0) is 0 Å². The van der Waals surface area contributed by atoms with Crippen molar-refractivity contribution in [3.05, 3.63) is 71.7 Å². The topological polar surface area (TPSA) is 62.9 Å². The number of rotatable bonds is 10. The maximum Gasteiger partial charge on any atom is 0.387 e. The number of ether oxygens (including phenoxy) is 1. The van der Waals surface area contributed by atoms with E-state index in [1.807, 2.05) is 55.7 Å². The number of hydrogen-bond acceptors (Lipinski definition) is 5. The van der Waals surface area contributed by atoms with E-state index in [4.69, 9.17) is 0 Å². The van der Waals surface area contributed by atoms with Crippen molar-refractivity contribution in [2.24, 2.45) is 9.98 Å². The van der Waals surface area contributed by atoms with Crippen LogP contribution in [0.25, 0.3) is 16.6 Å². The second-order valence-corrected chi connectivity index (χ2v) is 8.40. The van der Waals surface area contributed by atoms with E-state index in [9.17, 15) is 17.6 Å². The summed E-state index contributed by atoms with van der Waals surface area (Å²) in [6.45, 7) is 1.33. The number of allylic oxidation sites excluding steroid dienone is 1. The molecule has 0 amide bonds. The van der Waals surface area contributed by atoms with Crippen LogP contribution < -0.4 is 15.6 Å². The molecule has 10 heteroatoms. The SMILES string of the molecule is CC.CCCC#Cc1c(C2=NC=C(NNC(CF)CF)CC=N2)n(-c2ccccc2)c2cc(OC(F)F)ccc12. The number of nitrogens with one attached hydrogen (secondary N) is 2. The monoisotopic (exact) mass is 555 g/mol. The van der Waals surface area contributed by atoms with Gasteiger partial charge < -0.3 is 14.7 Å². The van der Waals surface area contributed by atoms with Gasteiger partial charge in [0.1, 0.15) is 24.8 Å². The molecular formula is C30H33F4N5O. The molecule has 6 nitrogen and oxygen atoms in total. The molecule has 0 spiro atoms. The Labute approximate surface area is 231 Å². The predicted molar refractivity (Wildman–Crippen MR) is 153 cm³/mol. The summed E-state index contributed by atoms with van der Waals surface area (Å²) in [6.07, 6.45) is 5.04. The molecule has 1 aliphatic rings. The first kappa shape index (κ1) is 30.4. The van der Waals surface area contributed by atoms with E-state index in [1.165, 1.54) is 12.3 Å². The van der Waals surface area contributed by atoms with Gasteiger partial charge in [0.2, 0.25) is 0 Å². The van der Waals surface area contributed by atoms with Crippen molar-refractivity contribution in [2.75, 3.05) is 13.3 Å². The van der Waals surface area contributed by atoms with Crippen LogP contribution in [0.3, 0.4) is 0 Å². The quantitative estimate of drug-likeness (QED) is 0.163. The third kappa shape index (κ3) is 7.51. The zero-order valence-electron chi connectivity index (χ0n) is 22.7. The lowest BCUT2D eigenvalue weighted by Gasteiger charge is -2.14. The van der Waals surface area contributed by atoms with E-state index in [0.717, 1.165) is 17.5 Å². The van der Waals surface area contributed by atoms with E-state index in [1.54, 1.807) is 18.3 Å². The molecule has 2 N–H and O–H groups in total. The first-order valence-corrected chi connectivity index (χ1v) is 13.2. The van der Waals surface area contributed by atoms with Gasteiger partial charge in [0.15, 0.2) is 5.84 Å². The number of aliphatic imine (C=N–C) groups is 2. The molecule has 3 aromatic rings. The normalized spacial score (nSPS) is 12.7. The molecule has 0 bridgehead atoms. The summed E-state index contributed by atoms with van der Waals surface area (Å²) < 4.78 is 58.3. The van der Waals surface area contributed by atoms with E-state index >= 15 is 0 Å². The van der Waals surface area contributed by atoms with Crippen LogP contribution >= 0.6 is 0 Å². The molecule has 2 heterocycles. The van der Waals surface area contributed by atoms with E-state index in [2.05, 4.69) is 37.4 Å². The molecular weight excluding hydrogens is 522 g/mol. The maximum absolute atomic E-state index is 13.0. The van der Waals surface area contributed by atoms with Crippen LogP contribution in [0.1, 0.15) is 51.3 Å². The zero-order chi connectivity index (χ0) is 28.9. The Kier molecular flexibility index (Phi) is 11.8. The molecule has 0 fully saturated rings. The highest BCUT2D eigenvalue weighted by molar-refractivity contribution is 6.10. The van der Waals surface area contributed by atoms with E-state index in [-0.39, 0.29) is 5.75 Å². The minimum absolute atomic E-state index is 0.0147. The van der Waals surface area contributed by atoms with Crippen molar-refractivity contribution in [1.82, 2.24) is 15.4 Å². The molecule has 1 aromatic heterocycles. The first-order valence-electron chi connectivity index (χ1n) is 13.2. The second-order valence-electron chi connectivity index (χ2n) is 8.40. The van der Waals surface area contributed by atoms with Crippen LogP contribution in [0.15, 0.2) is 70.4 Å². The van der Waals surface area contributed by atoms with Gasteiger partial charge in [-0.25, -0.2) is 24.2 Å². The number of nitrogens with zero attached hydrogens (tertiary/aromatic N) is 3. The van der Waals surface area contributed by atoms with Crippen molar-refractivity contribution in [3.63, 3.8) is 0 Å². The fourth-order valence-electron chi connectivity index (χ4n) is 3.88. The van der Waals surface area contributed by atoms with Crippen molar-refractivity contribution in [3.8, 4) is 23.3 Å². The Bertz CT molecular complexity index is 1400. The van der Waals surface area contributed by atoms with Gasteiger partial charge in [0.25, 0.3) is 0 Å². The summed E-state index contributed by atoms with van der Waals surface area (Å²) in [5.74, 6) is 6.77. The van der Waals surface area contributed by atoms with Crippen molar-refractivity contribution in [1.29, 1.82) is 0 Å². The molecule has 0 atom stereocenters. The number of amidine groups is 1. The Hall–Kier alpha value is -4.10. The number of benzene rings is 2. The number of unbranched alkanes of at least 4 members (excludes halogenated alkanes) is 1. The highest BCUT2D eigenvalue weighted by Gasteiger charge is 2.23. The van der Waals surface area contributed by atoms with Crippen molar-refractivity contribution in [2.45, 2.75) is 52.7 Å². The molecule has 0 aliphatic carbocycles. The molecule has 212 valence electrons. The van der Waals surface area contributed by atoms with Gasteiger partial charge in [-0.2, -0.15) is 8.78 Å². The Morgan fingerprint density at radius 3 is 2.50 bits per heavy atom. The van der Waals surface area contributed by atoms with Crippen LogP contribution in [0.5, 0.6) is 5.75 Å². The highest BCUT2D eigenvalue weighted by Crippen LogP contribution is 2.33. The lowest BCUT2D eigenvalue weighted by atomic mass is 10.1. The molecule has 0 unspecified atom stereocenters.